The summed E-state index contributed by atoms with van der Waals surface area (Å²) in [7, 11) is 0. The molecule has 0 aliphatic rings. The van der Waals surface area contributed by atoms with Gasteiger partial charge in [-0.25, -0.2) is 15.0 Å². The number of rotatable bonds is 3. The van der Waals surface area contributed by atoms with Gasteiger partial charge >= 0.3 is 12.2 Å². The van der Waals surface area contributed by atoms with Crippen molar-refractivity contribution in [2.24, 2.45) is 0 Å². The lowest BCUT2D eigenvalue weighted by molar-refractivity contribution is -0.129. The van der Waals surface area contributed by atoms with Crippen molar-refractivity contribution in [3.63, 3.8) is 0 Å². The van der Waals surface area contributed by atoms with Crippen LogP contribution in [-0.2, 0) is 14.3 Å². The molecule has 0 unspecified atom stereocenters. The molecule has 0 aliphatic heterocycles. The zero-order valence-corrected chi connectivity index (χ0v) is 11.5. The van der Waals surface area contributed by atoms with Crippen molar-refractivity contribution in [1.82, 2.24) is 10.4 Å². The summed E-state index contributed by atoms with van der Waals surface area (Å²) in [5.74, 6) is -1.29. The van der Waals surface area contributed by atoms with Crippen molar-refractivity contribution >= 4 is 29.7 Å². The maximum Gasteiger partial charge on any atom is 0.436 e. The number of nitrogens with zero attached hydrogens (tertiary/aromatic N) is 1. The van der Waals surface area contributed by atoms with Crippen LogP contribution in [0.5, 0.6) is 0 Å². The molecule has 104 valence electrons. The first-order chi connectivity index (χ1) is 8.27. The zero-order valence-electron chi connectivity index (χ0n) is 10.7. The molecule has 0 radical (unpaired) electrons. The molecule has 7 nitrogen and oxygen atoms in total. The molecule has 0 atom stereocenters. The van der Waals surface area contributed by atoms with Crippen LogP contribution in [0.25, 0.3) is 0 Å². The van der Waals surface area contributed by atoms with Crippen LogP contribution < -0.4 is 5.43 Å². The minimum atomic E-state index is -1.02. The second-order valence-corrected chi connectivity index (χ2v) is 4.13. The number of hydrogen-bond donors (Lipinski definition) is 1. The lowest BCUT2D eigenvalue weighted by Gasteiger charge is -2.21. The van der Waals surface area contributed by atoms with E-state index >= 15 is 0 Å². The molecule has 0 spiro atoms. The Labute approximate surface area is 110 Å². The van der Waals surface area contributed by atoms with E-state index in [2.05, 4.69) is 0 Å². The summed E-state index contributed by atoms with van der Waals surface area (Å²) in [6.45, 7) is 6.46. The lowest BCUT2D eigenvalue weighted by atomic mass is 10.5. The SMILES string of the molecule is CC(C)OC(=O)NN(C(=O)CCl)C(=O)OC(C)C. The quantitative estimate of drug-likeness (QED) is 0.627. The highest BCUT2D eigenvalue weighted by molar-refractivity contribution is 6.28. The van der Waals surface area contributed by atoms with Crippen LogP contribution >= 0.6 is 11.6 Å². The maximum absolute atomic E-state index is 11.5. The molecule has 0 saturated heterocycles. The average Bonchev–Trinajstić information content (AvgIpc) is 2.22. The molecule has 0 aromatic rings. The van der Waals surface area contributed by atoms with Crippen LogP contribution in [0.15, 0.2) is 0 Å². The number of amides is 3. The Bertz CT molecular complexity index is 319. The van der Waals surface area contributed by atoms with E-state index in [1.807, 2.05) is 5.43 Å². The van der Waals surface area contributed by atoms with Crippen LogP contribution in [0.2, 0.25) is 0 Å². The van der Waals surface area contributed by atoms with Gasteiger partial charge in [0, 0.05) is 0 Å². The minimum absolute atomic E-state index is 0.387. The second kappa shape index (κ2) is 7.75. The van der Waals surface area contributed by atoms with Gasteiger partial charge in [0.25, 0.3) is 5.91 Å². The molecular weight excluding hydrogens is 264 g/mol. The smallest absolute Gasteiger partial charge is 0.436 e. The lowest BCUT2D eigenvalue weighted by Crippen LogP contribution is -2.51. The second-order valence-electron chi connectivity index (χ2n) is 3.86. The summed E-state index contributed by atoms with van der Waals surface area (Å²) >= 11 is 5.33. The predicted molar refractivity (Wildman–Crippen MR) is 63.9 cm³/mol. The number of halogens is 1. The number of nitrogens with one attached hydrogen (secondary N) is 1. The van der Waals surface area contributed by atoms with Crippen molar-refractivity contribution in [2.75, 3.05) is 5.88 Å². The van der Waals surface area contributed by atoms with E-state index in [4.69, 9.17) is 21.1 Å². The Hall–Kier alpha value is -1.50. The van der Waals surface area contributed by atoms with E-state index in [9.17, 15) is 14.4 Å². The molecule has 3 amide bonds. The number of hydrazine groups is 1. The van der Waals surface area contributed by atoms with Crippen molar-refractivity contribution in [3.05, 3.63) is 0 Å². The third-order valence-electron chi connectivity index (χ3n) is 1.43. The van der Waals surface area contributed by atoms with Gasteiger partial charge in [-0.05, 0) is 27.7 Å². The van der Waals surface area contributed by atoms with Gasteiger partial charge in [-0.3, -0.25) is 4.79 Å². The van der Waals surface area contributed by atoms with E-state index in [0.717, 1.165) is 0 Å². The molecule has 0 saturated carbocycles. The van der Waals surface area contributed by atoms with Gasteiger partial charge in [-0.1, -0.05) is 0 Å². The molecule has 18 heavy (non-hydrogen) atoms. The van der Waals surface area contributed by atoms with E-state index in [0.29, 0.717) is 5.01 Å². The molecule has 0 heterocycles. The zero-order chi connectivity index (χ0) is 14.3. The minimum Gasteiger partial charge on any atom is -0.446 e. The number of ether oxygens (including phenoxy) is 2. The third-order valence-corrected chi connectivity index (χ3v) is 1.66. The first kappa shape index (κ1) is 16.5. The van der Waals surface area contributed by atoms with Crippen molar-refractivity contribution in [1.29, 1.82) is 0 Å². The standard InChI is InChI=1S/C10H17ClN2O5/c1-6(2)17-9(15)12-13(8(14)5-11)10(16)18-7(3)4/h6-7H,5H2,1-4H3,(H,12,15). The largest absolute Gasteiger partial charge is 0.446 e. The topological polar surface area (TPSA) is 84.9 Å². The van der Waals surface area contributed by atoms with Gasteiger partial charge < -0.3 is 9.47 Å². The summed E-state index contributed by atoms with van der Waals surface area (Å²) < 4.78 is 9.51. The molecule has 0 rings (SSSR count). The summed E-state index contributed by atoms with van der Waals surface area (Å²) in [4.78, 5) is 34.2. The molecule has 0 aromatic heterocycles. The fourth-order valence-corrected chi connectivity index (χ4v) is 0.975. The van der Waals surface area contributed by atoms with E-state index in [1.165, 1.54) is 0 Å². The highest BCUT2D eigenvalue weighted by atomic mass is 35.5. The average molecular weight is 281 g/mol. The monoisotopic (exact) mass is 280 g/mol. The number of alkyl halides is 1. The molecule has 0 fully saturated rings. The Morgan fingerprint density at radius 3 is 2.00 bits per heavy atom. The number of hydrogen-bond acceptors (Lipinski definition) is 5. The fraction of sp³-hybridized carbons (Fsp3) is 0.700. The Morgan fingerprint density at radius 1 is 1.11 bits per heavy atom. The van der Waals surface area contributed by atoms with E-state index in [-0.39, 0.29) is 6.10 Å². The Kier molecular flexibility index (Phi) is 7.11. The summed E-state index contributed by atoms with van der Waals surface area (Å²) in [5.41, 5.74) is 1.97. The van der Waals surface area contributed by atoms with Crippen molar-refractivity contribution in [3.8, 4) is 0 Å². The van der Waals surface area contributed by atoms with Gasteiger partial charge in [0.2, 0.25) is 0 Å². The van der Waals surface area contributed by atoms with Gasteiger partial charge in [0.05, 0.1) is 12.2 Å². The highest BCUT2D eigenvalue weighted by Crippen LogP contribution is 1.99. The summed E-state index contributed by atoms with van der Waals surface area (Å²) in [6, 6.07) is 0. The Morgan fingerprint density at radius 2 is 1.61 bits per heavy atom. The fourth-order valence-electron chi connectivity index (χ4n) is 0.856. The summed E-state index contributed by atoms with van der Waals surface area (Å²) in [5, 5.41) is 0.387. The first-order valence-electron chi connectivity index (χ1n) is 5.34. The van der Waals surface area contributed by atoms with Gasteiger partial charge in [-0.2, -0.15) is 0 Å². The van der Waals surface area contributed by atoms with Crippen LogP contribution in [0.3, 0.4) is 0 Å². The maximum atomic E-state index is 11.5. The molecule has 0 aliphatic carbocycles. The van der Waals surface area contributed by atoms with Gasteiger partial charge in [0.15, 0.2) is 0 Å². The summed E-state index contributed by atoms with van der Waals surface area (Å²) in [6.07, 6.45) is -2.79. The van der Waals surface area contributed by atoms with Crippen LogP contribution in [0.4, 0.5) is 9.59 Å². The molecular formula is C10H17ClN2O5. The number of imide groups is 1. The molecule has 1 N–H and O–H groups in total. The van der Waals surface area contributed by atoms with Crippen molar-refractivity contribution in [2.45, 2.75) is 39.9 Å². The molecule has 8 heteroatoms. The van der Waals surface area contributed by atoms with E-state index in [1.54, 1.807) is 27.7 Å². The number of carbonyl (C=O) groups excluding carboxylic acids is 3. The third kappa shape index (κ3) is 6.29. The normalized spacial score (nSPS) is 10.2. The predicted octanol–water partition coefficient (Wildman–Crippen LogP) is 1.65. The van der Waals surface area contributed by atoms with Gasteiger partial charge in [0.1, 0.15) is 5.88 Å². The van der Waals surface area contributed by atoms with Gasteiger partial charge in [-0.15, -0.1) is 16.6 Å². The number of carbonyl (C=O) groups is 3. The highest BCUT2D eigenvalue weighted by Gasteiger charge is 2.26. The van der Waals surface area contributed by atoms with E-state index < -0.39 is 30.1 Å². The molecule has 0 bridgehead atoms. The first-order valence-corrected chi connectivity index (χ1v) is 5.88. The van der Waals surface area contributed by atoms with Crippen LogP contribution in [0, 0.1) is 0 Å². The van der Waals surface area contributed by atoms with Crippen LogP contribution in [0.1, 0.15) is 27.7 Å². The van der Waals surface area contributed by atoms with Crippen molar-refractivity contribution < 1.29 is 23.9 Å². The Balaban J connectivity index is 4.64. The van der Waals surface area contributed by atoms with Crippen LogP contribution in [-0.4, -0.2) is 41.2 Å². The molecule has 0 aromatic carbocycles.